The third-order valence-corrected chi connectivity index (χ3v) is 10.9. The highest BCUT2D eigenvalue weighted by atomic mass is 32.1. The van der Waals surface area contributed by atoms with Gasteiger partial charge in [-0.05, 0) is 36.4 Å². The Morgan fingerprint density at radius 2 is 1.44 bits per heavy atom. The van der Waals surface area contributed by atoms with E-state index in [1.807, 2.05) is 23.0 Å². The molecule has 5 aromatic carbocycles. The van der Waals surface area contributed by atoms with Crippen LogP contribution in [0.2, 0.25) is 0 Å². The number of fused-ring (bicyclic) bond motifs is 9. The quantitative estimate of drug-likeness (QED) is 0.200. The van der Waals surface area contributed by atoms with Crippen molar-refractivity contribution >= 4 is 87.7 Å². The van der Waals surface area contributed by atoms with Crippen LogP contribution < -0.4 is 5.22 Å². The molecule has 0 aliphatic carbocycles. The van der Waals surface area contributed by atoms with Gasteiger partial charge in [0, 0.05) is 64.4 Å². The maximum atomic E-state index is 5.34. The topological polar surface area (TPSA) is 43.1 Å². The Bertz CT molecular complexity index is 2840. The Labute approximate surface area is 265 Å². The fourth-order valence-electron chi connectivity index (χ4n) is 6.95. The lowest BCUT2D eigenvalue weighted by atomic mass is 10.0. The van der Waals surface area contributed by atoms with Crippen molar-refractivity contribution in [3.8, 4) is 33.1 Å². The predicted octanol–water partition coefficient (Wildman–Crippen LogP) is 10.1. The standard InChI is InChI=1S/C39H22N4S2/c1-22-24-9-3-6-15-31(24)43-32-18-17-23(19-29(32)35(37(22)43)34-20-40-21-44-34)39-41-30-14-5-2-11-27(30)36(42-39)28-13-8-12-26-25-10-4-7-16-33(25)45-38(26)28/h2-21H,1H2. The van der Waals surface area contributed by atoms with E-state index in [1.165, 1.54) is 25.6 Å². The van der Waals surface area contributed by atoms with Crippen LogP contribution in [0.15, 0.2) is 121 Å². The van der Waals surface area contributed by atoms with Crippen LogP contribution in [-0.2, 0) is 0 Å². The molecule has 45 heavy (non-hydrogen) atoms. The number of benzene rings is 5. The van der Waals surface area contributed by atoms with Crippen molar-refractivity contribution in [2.45, 2.75) is 0 Å². The van der Waals surface area contributed by atoms with Crippen LogP contribution in [0.5, 0.6) is 0 Å². The summed E-state index contributed by atoms with van der Waals surface area (Å²) in [6.07, 6.45) is 1.96. The minimum Gasteiger partial charge on any atom is -0.308 e. The van der Waals surface area contributed by atoms with Crippen LogP contribution in [0.4, 0.5) is 0 Å². The van der Waals surface area contributed by atoms with Crippen LogP contribution in [0.3, 0.4) is 0 Å². The molecule has 0 aliphatic heterocycles. The molecule has 5 aromatic heterocycles. The molecular formula is C39H22N4S2. The molecule has 0 radical (unpaired) electrons. The Kier molecular flexibility index (Phi) is 5.15. The molecule has 210 valence electrons. The van der Waals surface area contributed by atoms with Gasteiger partial charge in [-0.25, -0.2) is 9.97 Å². The number of aromatic nitrogens is 4. The summed E-state index contributed by atoms with van der Waals surface area (Å²) < 4.78 is 4.88. The number of thiophene rings is 1. The molecule has 4 nitrogen and oxygen atoms in total. The molecule has 0 saturated carbocycles. The van der Waals surface area contributed by atoms with E-state index >= 15 is 0 Å². The van der Waals surface area contributed by atoms with E-state index in [4.69, 9.17) is 9.97 Å². The summed E-state index contributed by atoms with van der Waals surface area (Å²) in [5.74, 6) is 0.713. The van der Waals surface area contributed by atoms with Gasteiger partial charge in [-0.2, -0.15) is 0 Å². The van der Waals surface area contributed by atoms with E-state index in [0.717, 1.165) is 65.3 Å². The van der Waals surface area contributed by atoms with Gasteiger partial charge in [0.25, 0.3) is 0 Å². The summed E-state index contributed by atoms with van der Waals surface area (Å²) in [5, 5.41) is 6.94. The number of nitrogens with zero attached hydrogens (tertiary/aromatic N) is 4. The molecule has 0 atom stereocenters. The Hall–Kier alpha value is -5.43. The first-order chi connectivity index (χ1) is 22.2. The van der Waals surface area contributed by atoms with E-state index in [2.05, 4.69) is 125 Å². The van der Waals surface area contributed by atoms with Crippen molar-refractivity contribution in [3.63, 3.8) is 0 Å². The molecule has 5 heterocycles. The number of thiazole rings is 1. The first-order valence-corrected chi connectivity index (χ1v) is 16.5. The monoisotopic (exact) mass is 610 g/mol. The largest absolute Gasteiger partial charge is 0.308 e. The van der Waals surface area contributed by atoms with Crippen molar-refractivity contribution < 1.29 is 0 Å². The lowest BCUT2D eigenvalue weighted by Crippen LogP contribution is -1.95. The Morgan fingerprint density at radius 1 is 0.667 bits per heavy atom. The maximum absolute atomic E-state index is 5.34. The average molecular weight is 611 g/mol. The lowest BCUT2D eigenvalue weighted by Gasteiger charge is -2.11. The summed E-state index contributed by atoms with van der Waals surface area (Å²) >= 11 is 3.48. The normalized spacial score (nSPS) is 12.1. The molecule has 0 bridgehead atoms. The summed E-state index contributed by atoms with van der Waals surface area (Å²) in [5.41, 5.74) is 10.5. The molecule has 0 unspecified atom stereocenters. The van der Waals surface area contributed by atoms with E-state index in [1.54, 1.807) is 11.3 Å². The molecule has 0 N–H and O–H groups in total. The Morgan fingerprint density at radius 3 is 2.33 bits per heavy atom. The van der Waals surface area contributed by atoms with Crippen LogP contribution in [-0.4, -0.2) is 19.4 Å². The summed E-state index contributed by atoms with van der Waals surface area (Å²) in [4.78, 5) is 16.0. The third-order valence-electron chi connectivity index (χ3n) is 8.92. The highest BCUT2D eigenvalue weighted by Crippen LogP contribution is 2.43. The number of hydrogen-bond acceptors (Lipinski definition) is 5. The van der Waals surface area contributed by atoms with Crippen molar-refractivity contribution in [3.05, 3.63) is 126 Å². The second kappa shape index (κ2) is 9.29. The second-order valence-corrected chi connectivity index (χ2v) is 13.3. The summed E-state index contributed by atoms with van der Waals surface area (Å²) in [7, 11) is 0. The molecule has 10 rings (SSSR count). The molecule has 0 fully saturated rings. The van der Waals surface area contributed by atoms with Gasteiger partial charge in [-0.15, -0.1) is 22.7 Å². The summed E-state index contributed by atoms with van der Waals surface area (Å²) in [6.45, 7) is 4.54. The van der Waals surface area contributed by atoms with Crippen LogP contribution in [0.25, 0.3) is 98.1 Å². The summed E-state index contributed by atoms with van der Waals surface area (Å²) in [6, 6.07) is 38.6. The van der Waals surface area contributed by atoms with E-state index < -0.39 is 0 Å². The van der Waals surface area contributed by atoms with Gasteiger partial charge in [0.1, 0.15) is 0 Å². The number of hydrogen-bond donors (Lipinski definition) is 0. The maximum Gasteiger partial charge on any atom is 0.160 e. The smallest absolute Gasteiger partial charge is 0.160 e. The van der Waals surface area contributed by atoms with Gasteiger partial charge >= 0.3 is 0 Å². The predicted molar refractivity (Wildman–Crippen MR) is 191 cm³/mol. The van der Waals surface area contributed by atoms with Gasteiger partial charge in [-0.1, -0.05) is 79.4 Å². The van der Waals surface area contributed by atoms with E-state index in [9.17, 15) is 0 Å². The fourth-order valence-corrected chi connectivity index (χ4v) is 8.85. The zero-order chi connectivity index (χ0) is 29.6. The lowest BCUT2D eigenvalue weighted by molar-refractivity contribution is 1.23. The minimum absolute atomic E-state index is 0.713. The minimum atomic E-state index is 0.713. The van der Waals surface area contributed by atoms with Crippen LogP contribution in [0, 0.1) is 0 Å². The van der Waals surface area contributed by atoms with Gasteiger partial charge in [0.2, 0.25) is 0 Å². The molecule has 0 saturated heterocycles. The van der Waals surface area contributed by atoms with Gasteiger partial charge in [0.15, 0.2) is 5.82 Å². The second-order valence-electron chi connectivity index (χ2n) is 11.3. The molecular weight excluding hydrogens is 589 g/mol. The zero-order valence-electron chi connectivity index (χ0n) is 23.9. The molecule has 6 heteroatoms. The fraction of sp³-hybridized carbons (Fsp3) is 0. The average Bonchev–Trinajstić information content (AvgIpc) is 3.87. The van der Waals surface area contributed by atoms with Gasteiger partial charge < -0.3 is 4.40 Å². The third kappa shape index (κ3) is 3.49. The van der Waals surface area contributed by atoms with Crippen LogP contribution >= 0.6 is 22.7 Å². The first kappa shape index (κ1) is 25.0. The molecule has 0 spiro atoms. The molecule has 10 aromatic rings. The number of rotatable bonds is 3. The highest BCUT2D eigenvalue weighted by molar-refractivity contribution is 7.26. The highest BCUT2D eigenvalue weighted by Gasteiger charge is 2.21. The first-order valence-electron chi connectivity index (χ1n) is 14.8. The molecule has 0 aliphatic rings. The Balaban J connectivity index is 1.27. The van der Waals surface area contributed by atoms with Crippen molar-refractivity contribution in [2.24, 2.45) is 0 Å². The van der Waals surface area contributed by atoms with Crippen molar-refractivity contribution in [1.82, 2.24) is 19.4 Å². The van der Waals surface area contributed by atoms with E-state index in [0.29, 0.717) is 5.82 Å². The van der Waals surface area contributed by atoms with Crippen molar-refractivity contribution in [2.75, 3.05) is 0 Å². The SMILES string of the molecule is C=c1c2ccccc2n2c1c(-c1cncs1)c1cc(-c3nc(-c4cccc5c4sc4ccccc45)c4ccccc4n3)ccc12. The number of para-hydroxylation sites is 2. The van der Waals surface area contributed by atoms with E-state index in [-0.39, 0.29) is 0 Å². The molecule has 0 amide bonds. The van der Waals surface area contributed by atoms with Gasteiger partial charge in [-0.3, -0.25) is 4.98 Å². The zero-order valence-corrected chi connectivity index (χ0v) is 25.5. The van der Waals surface area contributed by atoms with Crippen LogP contribution in [0.1, 0.15) is 0 Å². The van der Waals surface area contributed by atoms with Gasteiger partial charge in [0.05, 0.1) is 38.1 Å². The van der Waals surface area contributed by atoms with Crippen molar-refractivity contribution in [1.29, 1.82) is 0 Å².